The fourth-order valence-corrected chi connectivity index (χ4v) is 4.13. The summed E-state index contributed by atoms with van der Waals surface area (Å²) >= 11 is 6.65. The van der Waals surface area contributed by atoms with Gasteiger partial charge < -0.3 is 9.15 Å². The molecule has 0 radical (unpaired) electrons. The van der Waals surface area contributed by atoms with Crippen LogP contribution in [0.1, 0.15) is 12.7 Å². The van der Waals surface area contributed by atoms with Crippen molar-refractivity contribution < 1.29 is 13.9 Å². The molecule has 2 heterocycles. The quantitative estimate of drug-likeness (QED) is 0.362. The molecular weight excluding hydrogens is 390 g/mol. The molecule has 0 spiro atoms. The van der Waals surface area contributed by atoms with Crippen LogP contribution in [0, 0.1) is 0 Å². The van der Waals surface area contributed by atoms with E-state index in [0.717, 1.165) is 34.5 Å². The molecule has 6 heteroatoms. The van der Waals surface area contributed by atoms with Crippen LogP contribution in [-0.2, 0) is 0 Å². The van der Waals surface area contributed by atoms with Crippen molar-refractivity contribution in [1.29, 1.82) is 0 Å². The van der Waals surface area contributed by atoms with Crippen LogP contribution >= 0.6 is 24.0 Å². The summed E-state index contributed by atoms with van der Waals surface area (Å²) in [5, 5.41) is -0.129. The number of thiocarbonyl (C=S) groups is 1. The molecule has 0 saturated carbocycles. The minimum absolute atomic E-state index is 0.129. The van der Waals surface area contributed by atoms with Crippen LogP contribution in [0.25, 0.3) is 17.4 Å². The number of rotatable bonds is 5. The maximum Gasteiger partial charge on any atom is 0.296 e. The average Bonchev–Trinajstić information content (AvgIpc) is 3.29. The average molecular weight is 408 g/mol. The summed E-state index contributed by atoms with van der Waals surface area (Å²) in [5.74, 6) is 2.19. The maximum atomic E-state index is 12.5. The van der Waals surface area contributed by atoms with Crippen LogP contribution in [0.4, 0.5) is 10.5 Å². The van der Waals surface area contributed by atoms with Gasteiger partial charge in [-0.25, -0.2) is 0 Å². The lowest BCUT2D eigenvalue weighted by molar-refractivity contribution is 0.268. The Balaban J connectivity index is 1.56. The summed E-state index contributed by atoms with van der Waals surface area (Å²) in [4.78, 5) is 15.2. The van der Waals surface area contributed by atoms with E-state index in [9.17, 15) is 4.79 Å². The molecule has 1 aliphatic rings. The van der Waals surface area contributed by atoms with E-state index >= 15 is 0 Å². The van der Waals surface area contributed by atoms with Crippen LogP contribution in [-0.4, -0.2) is 16.8 Å². The highest BCUT2D eigenvalue weighted by molar-refractivity contribution is 8.20. The number of furan rings is 1. The Morgan fingerprint density at radius 2 is 1.82 bits per heavy atom. The SMILES string of the molecule is CCOc1ccc(N2C(=O)SC(=Cc3ccc(-c4ccccc4)o3)C2=S)cc1. The van der Waals surface area contributed by atoms with Crippen molar-refractivity contribution in [2.75, 3.05) is 11.5 Å². The Kier molecular flexibility index (Phi) is 5.32. The smallest absolute Gasteiger partial charge is 0.296 e. The van der Waals surface area contributed by atoms with Crippen molar-refractivity contribution in [2.24, 2.45) is 0 Å². The van der Waals surface area contributed by atoms with E-state index in [1.54, 1.807) is 0 Å². The Labute approximate surface area is 172 Å². The third-order valence-electron chi connectivity index (χ3n) is 4.16. The van der Waals surface area contributed by atoms with Crippen molar-refractivity contribution in [3.8, 4) is 17.1 Å². The van der Waals surface area contributed by atoms with Crippen molar-refractivity contribution in [1.82, 2.24) is 0 Å². The van der Waals surface area contributed by atoms with Gasteiger partial charge in [0.25, 0.3) is 5.24 Å². The number of benzene rings is 2. The van der Waals surface area contributed by atoms with Gasteiger partial charge in [0.1, 0.15) is 22.3 Å². The maximum absolute atomic E-state index is 12.5. The van der Waals surface area contributed by atoms with Gasteiger partial charge in [0, 0.05) is 5.56 Å². The van der Waals surface area contributed by atoms with Crippen molar-refractivity contribution in [3.63, 3.8) is 0 Å². The molecule has 1 fully saturated rings. The fraction of sp³-hybridized carbons (Fsp3) is 0.0909. The first kappa shape index (κ1) is 18.5. The molecule has 28 heavy (non-hydrogen) atoms. The number of amides is 1. The van der Waals surface area contributed by atoms with Crippen molar-refractivity contribution in [2.45, 2.75) is 6.92 Å². The van der Waals surface area contributed by atoms with Gasteiger partial charge in [0.05, 0.1) is 17.2 Å². The molecule has 140 valence electrons. The summed E-state index contributed by atoms with van der Waals surface area (Å²) in [6.45, 7) is 2.52. The Morgan fingerprint density at radius 3 is 2.54 bits per heavy atom. The van der Waals surface area contributed by atoms with Gasteiger partial charge in [-0.1, -0.05) is 42.5 Å². The van der Waals surface area contributed by atoms with E-state index in [4.69, 9.17) is 21.4 Å². The van der Waals surface area contributed by atoms with Gasteiger partial charge in [-0.05, 0) is 61.2 Å². The summed E-state index contributed by atoms with van der Waals surface area (Å²) < 4.78 is 11.4. The number of anilines is 1. The molecule has 0 N–H and O–H groups in total. The van der Waals surface area contributed by atoms with E-state index in [2.05, 4.69) is 0 Å². The highest BCUT2D eigenvalue weighted by Gasteiger charge is 2.33. The molecule has 4 rings (SSSR count). The molecule has 1 saturated heterocycles. The van der Waals surface area contributed by atoms with Crippen LogP contribution < -0.4 is 9.64 Å². The molecule has 3 aromatic rings. The van der Waals surface area contributed by atoms with Crippen molar-refractivity contribution >= 4 is 46.0 Å². The zero-order chi connectivity index (χ0) is 19.5. The van der Waals surface area contributed by atoms with Gasteiger partial charge in [-0.15, -0.1) is 0 Å². The highest BCUT2D eigenvalue weighted by Crippen LogP contribution is 2.37. The second kappa shape index (κ2) is 8.04. The number of carbonyl (C=O) groups is 1. The van der Waals surface area contributed by atoms with Crippen molar-refractivity contribution in [3.05, 3.63) is 77.4 Å². The monoisotopic (exact) mass is 407 g/mol. The lowest BCUT2D eigenvalue weighted by Crippen LogP contribution is -2.26. The van der Waals surface area contributed by atoms with Crippen LogP contribution in [0.15, 0.2) is 76.1 Å². The lowest BCUT2D eigenvalue weighted by Gasteiger charge is -2.15. The summed E-state index contributed by atoms with van der Waals surface area (Å²) in [6.07, 6.45) is 1.81. The molecule has 2 aromatic carbocycles. The minimum atomic E-state index is -0.129. The van der Waals surface area contributed by atoms with Crippen LogP contribution in [0.3, 0.4) is 0 Å². The molecular formula is C22H17NO3S2. The topological polar surface area (TPSA) is 42.7 Å². The number of thioether (sulfide) groups is 1. The van der Waals surface area contributed by atoms with E-state index in [-0.39, 0.29) is 5.24 Å². The second-order valence-electron chi connectivity index (χ2n) is 6.01. The van der Waals surface area contributed by atoms with Gasteiger partial charge in [-0.2, -0.15) is 0 Å². The fourth-order valence-electron chi connectivity index (χ4n) is 2.87. The molecule has 0 aliphatic carbocycles. The first-order chi connectivity index (χ1) is 13.7. The summed E-state index contributed by atoms with van der Waals surface area (Å²) in [5.41, 5.74) is 1.72. The third-order valence-corrected chi connectivity index (χ3v) is 5.58. The zero-order valence-electron chi connectivity index (χ0n) is 15.1. The van der Waals surface area contributed by atoms with E-state index < -0.39 is 0 Å². The first-order valence-corrected chi connectivity index (χ1v) is 10.0. The zero-order valence-corrected chi connectivity index (χ0v) is 16.8. The van der Waals surface area contributed by atoms with Crippen LogP contribution in [0.5, 0.6) is 5.75 Å². The largest absolute Gasteiger partial charge is 0.494 e. The standard InChI is InChI=1S/C22H17NO3S2/c1-2-25-17-10-8-16(9-11-17)23-21(27)20(28-22(23)24)14-18-12-13-19(26-18)15-6-4-3-5-7-15/h3-14H,2H2,1H3. The molecule has 1 amide bonds. The molecule has 0 bridgehead atoms. The van der Waals surface area contributed by atoms with E-state index in [1.807, 2.05) is 79.7 Å². The number of hydrogen-bond acceptors (Lipinski definition) is 5. The highest BCUT2D eigenvalue weighted by atomic mass is 32.2. The number of hydrogen-bond donors (Lipinski definition) is 0. The number of nitrogens with zero attached hydrogens (tertiary/aromatic N) is 1. The lowest BCUT2D eigenvalue weighted by atomic mass is 10.2. The number of ether oxygens (including phenoxy) is 1. The third kappa shape index (κ3) is 3.74. The summed E-state index contributed by atoms with van der Waals surface area (Å²) in [7, 11) is 0. The molecule has 0 unspecified atom stereocenters. The Bertz CT molecular complexity index is 1040. The molecule has 1 aliphatic heterocycles. The predicted molar refractivity (Wildman–Crippen MR) is 118 cm³/mol. The van der Waals surface area contributed by atoms with Gasteiger partial charge in [0.2, 0.25) is 0 Å². The minimum Gasteiger partial charge on any atom is -0.494 e. The first-order valence-electron chi connectivity index (χ1n) is 8.82. The van der Waals surface area contributed by atoms with Gasteiger partial charge in [0.15, 0.2) is 0 Å². The second-order valence-corrected chi connectivity index (χ2v) is 7.39. The van der Waals surface area contributed by atoms with Gasteiger partial charge >= 0.3 is 0 Å². The Hall–Kier alpha value is -2.83. The Morgan fingerprint density at radius 1 is 1.07 bits per heavy atom. The molecule has 1 aromatic heterocycles. The predicted octanol–water partition coefficient (Wildman–Crippen LogP) is 6.39. The van der Waals surface area contributed by atoms with E-state index in [1.165, 1.54) is 4.90 Å². The van der Waals surface area contributed by atoms with Gasteiger partial charge in [-0.3, -0.25) is 9.69 Å². The van der Waals surface area contributed by atoms with Crippen LogP contribution in [0.2, 0.25) is 0 Å². The number of carbonyl (C=O) groups excluding carboxylic acids is 1. The van der Waals surface area contributed by atoms with E-state index in [0.29, 0.717) is 22.3 Å². The summed E-state index contributed by atoms with van der Waals surface area (Å²) in [6, 6.07) is 21.0. The molecule has 0 atom stereocenters. The molecule has 4 nitrogen and oxygen atoms in total. The normalized spacial score (nSPS) is 15.5.